The number of nitrogens with zero attached hydrogens (tertiary/aromatic N) is 1. The van der Waals surface area contributed by atoms with Gasteiger partial charge in [-0.05, 0) is 19.9 Å². The Morgan fingerprint density at radius 2 is 2.11 bits per heavy atom. The molecule has 1 aromatic rings. The molecule has 1 aliphatic rings. The molecule has 0 spiro atoms. The number of aromatic hydroxyl groups is 1. The molecule has 2 rings (SSSR count). The summed E-state index contributed by atoms with van der Waals surface area (Å²) >= 11 is 0. The van der Waals surface area contributed by atoms with E-state index in [9.17, 15) is 18.6 Å². The van der Waals surface area contributed by atoms with E-state index in [-0.39, 0.29) is 23.3 Å². The molecule has 19 heavy (non-hydrogen) atoms. The summed E-state index contributed by atoms with van der Waals surface area (Å²) in [5.41, 5.74) is 1.25. The highest BCUT2D eigenvalue weighted by Crippen LogP contribution is 2.30. The third-order valence-corrected chi connectivity index (χ3v) is 5.26. The van der Waals surface area contributed by atoms with Crippen molar-refractivity contribution in [3.63, 3.8) is 0 Å². The largest absolute Gasteiger partial charge is 0.507 e. The van der Waals surface area contributed by atoms with E-state index in [0.717, 1.165) is 5.69 Å². The SMILES string of the molecule is CC(O)c1ccc(N2CCS(=O)(=O)CC2C)cc1O. The van der Waals surface area contributed by atoms with Crippen LogP contribution >= 0.6 is 0 Å². The van der Waals surface area contributed by atoms with E-state index in [0.29, 0.717) is 12.1 Å². The van der Waals surface area contributed by atoms with Gasteiger partial charge in [-0.1, -0.05) is 6.07 Å². The molecule has 6 heteroatoms. The molecule has 1 heterocycles. The Bertz CT molecular complexity index is 568. The molecular formula is C13H19NO4S. The summed E-state index contributed by atoms with van der Waals surface area (Å²) in [5.74, 6) is 0.301. The maximum atomic E-state index is 11.5. The molecule has 2 N–H and O–H groups in total. The van der Waals surface area contributed by atoms with Crippen LogP contribution in [-0.4, -0.2) is 42.7 Å². The van der Waals surface area contributed by atoms with Gasteiger partial charge in [0.2, 0.25) is 0 Å². The van der Waals surface area contributed by atoms with Crippen molar-refractivity contribution < 1.29 is 18.6 Å². The first kappa shape index (κ1) is 14.1. The smallest absolute Gasteiger partial charge is 0.154 e. The standard InChI is InChI=1S/C13H19NO4S/c1-9-8-19(17,18)6-5-14(9)11-3-4-12(10(2)15)13(16)7-11/h3-4,7,9-10,15-16H,5-6,8H2,1-2H3. The van der Waals surface area contributed by atoms with Crippen molar-refractivity contribution in [2.75, 3.05) is 23.0 Å². The van der Waals surface area contributed by atoms with Gasteiger partial charge in [0.25, 0.3) is 0 Å². The van der Waals surface area contributed by atoms with Gasteiger partial charge >= 0.3 is 0 Å². The second-order valence-electron chi connectivity index (χ2n) is 5.08. The summed E-state index contributed by atoms with van der Waals surface area (Å²) in [6.45, 7) is 3.87. The van der Waals surface area contributed by atoms with Crippen LogP contribution < -0.4 is 4.90 Å². The van der Waals surface area contributed by atoms with Gasteiger partial charge in [-0.2, -0.15) is 0 Å². The molecule has 1 aliphatic heterocycles. The zero-order valence-corrected chi connectivity index (χ0v) is 11.9. The van der Waals surface area contributed by atoms with Gasteiger partial charge in [0.05, 0.1) is 17.6 Å². The number of phenolic OH excluding ortho intramolecular Hbond substituents is 1. The molecule has 1 saturated heterocycles. The number of aliphatic hydroxyl groups excluding tert-OH is 1. The molecule has 2 atom stereocenters. The fraction of sp³-hybridized carbons (Fsp3) is 0.538. The Morgan fingerprint density at radius 3 is 2.63 bits per heavy atom. The Labute approximate surface area is 113 Å². The van der Waals surface area contributed by atoms with Crippen LogP contribution in [0.3, 0.4) is 0 Å². The van der Waals surface area contributed by atoms with Gasteiger partial charge < -0.3 is 15.1 Å². The highest BCUT2D eigenvalue weighted by molar-refractivity contribution is 7.91. The number of hydrogen-bond donors (Lipinski definition) is 2. The predicted molar refractivity (Wildman–Crippen MR) is 74.2 cm³/mol. The maximum Gasteiger partial charge on any atom is 0.154 e. The number of anilines is 1. The van der Waals surface area contributed by atoms with Crippen LogP contribution in [-0.2, 0) is 9.84 Å². The quantitative estimate of drug-likeness (QED) is 0.850. The summed E-state index contributed by atoms with van der Waals surface area (Å²) in [5, 5.41) is 19.3. The lowest BCUT2D eigenvalue weighted by Crippen LogP contribution is -2.47. The van der Waals surface area contributed by atoms with Crippen LogP contribution in [0.15, 0.2) is 18.2 Å². The van der Waals surface area contributed by atoms with Gasteiger partial charge in [0.1, 0.15) is 5.75 Å². The second-order valence-corrected chi connectivity index (χ2v) is 7.30. The molecule has 5 nitrogen and oxygen atoms in total. The van der Waals surface area contributed by atoms with Gasteiger partial charge in [-0.15, -0.1) is 0 Å². The lowest BCUT2D eigenvalue weighted by molar-refractivity contribution is 0.195. The number of benzene rings is 1. The van der Waals surface area contributed by atoms with E-state index in [4.69, 9.17) is 0 Å². The lowest BCUT2D eigenvalue weighted by atomic mass is 10.1. The molecule has 1 aromatic carbocycles. The first-order valence-corrected chi connectivity index (χ1v) is 8.10. The van der Waals surface area contributed by atoms with E-state index in [1.54, 1.807) is 25.1 Å². The van der Waals surface area contributed by atoms with Crippen molar-refractivity contribution in [2.24, 2.45) is 0 Å². The molecule has 0 aliphatic carbocycles. The fourth-order valence-electron chi connectivity index (χ4n) is 2.45. The molecule has 0 bridgehead atoms. The van der Waals surface area contributed by atoms with Crippen molar-refractivity contribution in [2.45, 2.75) is 26.0 Å². The lowest BCUT2D eigenvalue weighted by Gasteiger charge is -2.35. The van der Waals surface area contributed by atoms with Crippen LogP contribution in [0.1, 0.15) is 25.5 Å². The maximum absolute atomic E-state index is 11.5. The van der Waals surface area contributed by atoms with Crippen LogP contribution in [0.2, 0.25) is 0 Å². The van der Waals surface area contributed by atoms with E-state index in [1.165, 1.54) is 0 Å². The van der Waals surface area contributed by atoms with E-state index in [1.807, 2.05) is 11.8 Å². The summed E-state index contributed by atoms with van der Waals surface area (Å²) in [6.07, 6.45) is -0.729. The highest BCUT2D eigenvalue weighted by atomic mass is 32.2. The average Bonchev–Trinajstić information content (AvgIpc) is 2.26. The molecule has 0 aromatic heterocycles. The normalized spacial score (nSPS) is 24.2. The van der Waals surface area contributed by atoms with Crippen LogP contribution in [0.4, 0.5) is 5.69 Å². The fourth-order valence-corrected chi connectivity index (χ4v) is 4.00. The Balaban J connectivity index is 2.26. The van der Waals surface area contributed by atoms with E-state index in [2.05, 4.69) is 0 Å². The molecule has 0 radical (unpaired) electrons. The molecule has 2 unspecified atom stereocenters. The minimum absolute atomic E-state index is 0.0353. The molecule has 0 amide bonds. The summed E-state index contributed by atoms with van der Waals surface area (Å²) < 4.78 is 23.1. The minimum atomic E-state index is -2.95. The Morgan fingerprint density at radius 1 is 1.42 bits per heavy atom. The number of hydrogen-bond acceptors (Lipinski definition) is 5. The zero-order chi connectivity index (χ0) is 14.2. The summed E-state index contributed by atoms with van der Waals surface area (Å²) in [4.78, 5) is 1.96. The van der Waals surface area contributed by atoms with Crippen molar-refractivity contribution in [3.8, 4) is 5.75 Å². The molecule has 0 saturated carbocycles. The second kappa shape index (κ2) is 5.02. The predicted octanol–water partition coefficient (Wildman–Crippen LogP) is 1.07. The van der Waals surface area contributed by atoms with Gasteiger partial charge in [0.15, 0.2) is 9.84 Å². The Kier molecular flexibility index (Phi) is 3.73. The minimum Gasteiger partial charge on any atom is -0.507 e. The summed E-state index contributed by atoms with van der Waals surface area (Å²) in [7, 11) is -2.95. The Hall–Kier alpha value is -1.27. The zero-order valence-electron chi connectivity index (χ0n) is 11.1. The van der Waals surface area contributed by atoms with Gasteiger partial charge in [0, 0.05) is 29.9 Å². The van der Waals surface area contributed by atoms with Crippen LogP contribution in [0, 0.1) is 0 Å². The number of rotatable bonds is 2. The topological polar surface area (TPSA) is 77.8 Å². The van der Waals surface area contributed by atoms with Crippen molar-refractivity contribution in [3.05, 3.63) is 23.8 Å². The third kappa shape index (κ3) is 3.01. The summed E-state index contributed by atoms with van der Waals surface area (Å²) in [6, 6.07) is 4.94. The van der Waals surface area contributed by atoms with E-state index >= 15 is 0 Å². The van der Waals surface area contributed by atoms with Gasteiger partial charge in [-0.3, -0.25) is 0 Å². The first-order chi connectivity index (χ1) is 8.80. The van der Waals surface area contributed by atoms with Crippen molar-refractivity contribution in [1.82, 2.24) is 0 Å². The van der Waals surface area contributed by atoms with Crippen molar-refractivity contribution >= 4 is 15.5 Å². The molecular weight excluding hydrogens is 266 g/mol. The highest BCUT2D eigenvalue weighted by Gasteiger charge is 2.28. The monoisotopic (exact) mass is 285 g/mol. The van der Waals surface area contributed by atoms with Crippen LogP contribution in [0.5, 0.6) is 5.75 Å². The number of aliphatic hydroxyl groups is 1. The van der Waals surface area contributed by atoms with Gasteiger partial charge in [-0.25, -0.2) is 8.42 Å². The van der Waals surface area contributed by atoms with E-state index < -0.39 is 15.9 Å². The van der Waals surface area contributed by atoms with Crippen molar-refractivity contribution in [1.29, 1.82) is 0 Å². The first-order valence-electron chi connectivity index (χ1n) is 6.28. The van der Waals surface area contributed by atoms with Crippen LogP contribution in [0.25, 0.3) is 0 Å². The number of sulfone groups is 1. The molecule has 106 valence electrons. The molecule has 1 fully saturated rings. The average molecular weight is 285 g/mol. The number of phenols is 1. The third-order valence-electron chi connectivity index (χ3n) is 3.47.